The molecule has 5 fully saturated rings. The monoisotopic (exact) mass is 772 g/mol. The highest BCUT2D eigenvalue weighted by Gasteiger charge is 2.48. The first-order valence-electron chi connectivity index (χ1n) is 20.2. The molecule has 1 saturated carbocycles. The van der Waals surface area contributed by atoms with Crippen molar-refractivity contribution in [1.29, 1.82) is 0 Å². The van der Waals surface area contributed by atoms with Crippen LogP contribution in [-0.4, -0.2) is 121 Å². The number of fused-ring (bicyclic) bond motifs is 2. The van der Waals surface area contributed by atoms with Crippen molar-refractivity contribution < 1.29 is 27.4 Å². The molecular weight excluding hydrogens is 722 g/mol. The molecule has 298 valence electrons. The van der Waals surface area contributed by atoms with Gasteiger partial charge in [0.05, 0.1) is 18.3 Å². The molecule has 9 rings (SSSR count). The van der Waals surface area contributed by atoms with E-state index in [1.54, 1.807) is 6.20 Å². The van der Waals surface area contributed by atoms with E-state index in [0.29, 0.717) is 30.1 Å². The molecule has 5 aliphatic rings. The molecule has 1 N–H and O–H groups in total. The van der Waals surface area contributed by atoms with Crippen molar-refractivity contribution in [2.24, 2.45) is 10.8 Å². The van der Waals surface area contributed by atoms with Crippen molar-refractivity contribution in [2.75, 3.05) is 88.5 Å². The lowest BCUT2D eigenvalue weighted by Gasteiger charge is -2.54. The topological polar surface area (TPSA) is 103 Å². The highest BCUT2D eigenvalue weighted by Crippen LogP contribution is 2.54. The van der Waals surface area contributed by atoms with Gasteiger partial charge in [-0.25, -0.2) is 4.98 Å². The first kappa shape index (κ1) is 37.2. The molecule has 0 atom stereocenters. The van der Waals surface area contributed by atoms with Crippen LogP contribution in [0.1, 0.15) is 62.5 Å². The maximum atomic E-state index is 14.2. The van der Waals surface area contributed by atoms with Crippen LogP contribution in [0.5, 0.6) is 5.75 Å². The third kappa shape index (κ3) is 6.86. The van der Waals surface area contributed by atoms with Crippen LogP contribution in [0.3, 0.4) is 0 Å². The van der Waals surface area contributed by atoms with Gasteiger partial charge in [-0.05, 0) is 106 Å². The van der Waals surface area contributed by atoms with Gasteiger partial charge in [0.1, 0.15) is 11.3 Å². The van der Waals surface area contributed by atoms with Crippen LogP contribution in [-0.2, 0) is 9.53 Å². The number of carbonyl (C=O) groups is 1. The summed E-state index contributed by atoms with van der Waals surface area (Å²) in [5.74, 6) is 1.58. The predicted octanol–water partition coefficient (Wildman–Crippen LogP) is 6.85. The van der Waals surface area contributed by atoms with Gasteiger partial charge in [-0.3, -0.25) is 9.89 Å². The number of alkyl halides is 3. The van der Waals surface area contributed by atoms with Gasteiger partial charge < -0.3 is 29.1 Å². The molecule has 4 saturated heterocycles. The number of aromatic amines is 1. The molecule has 11 nitrogen and oxygen atoms in total. The Morgan fingerprint density at radius 3 is 2.38 bits per heavy atom. The van der Waals surface area contributed by atoms with Crippen LogP contribution in [0.2, 0.25) is 0 Å². The Morgan fingerprint density at radius 1 is 0.982 bits per heavy atom. The Kier molecular flexibility index (Phi) is 9.42. The standard InChI is InChI=1S/C42H51F3N8O3/c1-4-33(54)52-22-41(23-52)12-16-51(17-13-41)38-30-20-29(28-7-8-28)35(34-27(3)6-9-32-31(34)21-46-49-32)37(56-26-42(43,44)45)36(30)47-39(48-38)53-24-40(25-53)10-14-50(15-11-40)18-19-55-5-2/h4,6,9,20-21,28H,1,5,7-8,10-19,22-26H2,2-3H3,(H,46,49). The number of likely N-dealkylation sites (tertiary alicyclic amines) is 2. The van der Waals surface area contributed by atoms with Gasteiger partial charge in [-0.1, -0.05) is 12.6 Å². The molecule has 56 heavy (non-hydrogen) atoms. The summed E-state index contributed by atoms with van der Waals surface area (Å²) in [7, 11) is 0. The van der Waals surface area contributed by atoms with Crippen LogP contribution in [0.25, 0.3) is 32.9 Å². The lowest BCUT2D eigenvalue weighted by Crippen LogP contribution is -2.62. The van der Waals surface area contributed by atoms with Crippen molar-refractivity contribution in [1.82, 2.24) is 30.0 Å². The third-order valence-electron chi connectivity index (χ3n) is 13.1. The number of nitrogens with zero attached hydrogens (tertiary/aromatic N) is 7. The molecule has 14 heteroatoms. The minimum atomic E-state index is -4.55. The van der Waals surface area contributed by atoms with Crippen LogP contribution < -0.4 is 14.5 Å². The minimum absolute atomic E-state index is 0.0378. The summed E-state index contributed by atoms with van der Waals surface area (Å²) < 4.78 is 54.1. The maximum absolute atomic E-state index is 14.2. The van der Waals surface area contributed by atoms with Crippen LogP contribution >= 0.6 is 0 Å². The Labute approximate surface area is 325 Å². The number of carbonyl (C=O) groups excluding carboxylic acids is 1. The molecule has 0 bridgehead atoms. The number of anilines is 2. The normalized spacial score (nSPS) is 20.8. The van der Waals surface area contributed by atoms with Crippen molar-refractivity contribution in [3.8, 4) is 16.9 Å². The summed E-state index contributed by atoms with van der Waals surface area (Å²) in [6, 6.07) is 6.08. The Morgan fingerprint density at radius 2 is 1.70 bits per heavy atom. The molecule has 4 aromatic rings. The second kappa shape index (κ2) is 14.2. The van der Waals surface area contributed by atoms with Crippen molar-refractivity contribution in [3.05, 3.63) is 48.2 Å². The largest absolute Gasteiger partial charge is 0.481 e. The van der Waals surface area contributed by atoms with Gasteiger partial charge in [0.15, 0.2) is 12.4 Å². The van der Waals surface area contributed by atoms with E-state index in [1.165, 1.54) is 6.08 Å². The van der Waals surface area contributed by atoms with Crippen molar-refractivity contribution >= 4 is 39.5 Å². The Balaban J connectivity index is 1.13. The number of amides is 1. The van der Waals surface area contributed by atoms with E-state index in [1.807, 2.05) is 30.9 Å². The van der Waals surface area contributed by atoms with Crippen LogP contribution in [0, 0.1) is 17.8 Å². The number of aryl methyl sites for hydroxylation is 1. The number of ether oxygens (including phenoxy) is 2. The molecule has 2 spiro atoms. The lowest BCUT2D eigenvalue weighted by atomic mass is 9.72. The molecule has 1 amide bonds. The van der Waals surface area contributed by atoms with E-state index in [2.05, 4.69) is 37.5 Å². The number of hydrogen-bond acceptors (Lipinski definition) is 9. The number of halogens is 3. The third-order valence-corrected chi connectivity index (χ3v) is 13.1. The van der Waals surface area contributed by atoms with Gasteiger partial charge in [0, 0.05) is 79.6 Å². The number of nitrogens with one attached hydrogen (secondary N) is 1. The van der Waals surface area contributed by atoms with E-state index in [-0.39, 0.29) is 28.4 Å². The lowest BCUT2D eigenvalue weighted by molar-refractivity contribution is -0.153. The number of hydrogen-bond donors (Lipinski definition) is 1. The van der Waals surface area contributed by atoms with Crippen LogP contribution in [0.15, 0.2) is 37.1 Å². The molecule has 2 aromatic heterocycles. The summed E-state index contributed by atoms with van der Waals surface area (Å²) in [5.41, 5.74) is 4.80. The smallest absolute Gasteiger partial charge is 0.422 e. The number of rotatable bonds is 11. The molecular formula is C42H51F3N8O3. The number of H-pyrrole nitrogens is 1. The number of piperidine rings is 2. The SMILES string of the molecule is C=CC(=O)N1CC2(CCN(c3nc(N4CC5(CCN(CCOCC)CC5)C4)nc4c(OCC(F)(F)F)c(-c5c(C)ccc6[nH]ncc56)c(C5CC5)cc34)CC2)C1. The molecule has 6 heterocycles. The fourth-order valence-corrected chi connectivity index (χ4v) is 9.71. The second-order valence-electron chi connectivity index (χ2n) is 17.0. The zero-order valence-corrected chi connectivity index (χ0v) is 32.4. The minimum Gasteiger partial charge on any atom is -0.481 e. The summed E-state index contributed by atoms with van der Waals surface area (Å²) in [6.07, 6.45) is 4.35. The van der Waals surface area contributed by atoms with Gasteiger partial charge in [-0.2, -0.15) is 23.3 Å². The first-order valence-corrected chi connectivity index (χ1v) is 20.2. The first-order chi connectivity index (χ1) is 27.0. The van der Waals surface area contributed by atoms with E-state index in [4.69, 9.17) is 19.4 Å². The van der Waals surface area contributed by atoms with Gasteiger partial charge >= 0.3 is 6.18 Å². The molecule has 0 unspecified atom stereocenters. The Bertz CT molecular complexity index is 2130. The molecule has 4 aliphatic heterocycles. The van der Waals surface area contributed by atoms with E-state index >= 15 is 0 Å². The average Bonchev–Trinajstić information content (AvgIpc) is 3.90. The molecule has 2 aromatic carbocycles. The zero-order valence-electron chi connectivity index (χ0n) is 32.4. The molecule has 0 radical (unpaired) electrons. The molecule has 1 aliphatic carbocycles. The number of benzene rings is 2. The average molecular weight is 773 g/mol. The summed E-state index contributed by atoms with van der Waals surface area (Å²) >= 11 is 0. The predicted molar refractivity (Wildman–Crippen MR) is 210 cm³/mol. The maximum Gasteiger partial charge on any atom is 0.422 e. The summed E-state index contributed by atoms with van der Waals surface area (Å²) in [6.45, 7) is 15.1. The van der Waals surface area contributed by atoms with E-state index in [0.717, 1.165) is 136 Å². The quantitative estimate of drug-likeness (QED) is 0.130. The van der Waals surface area contributed by atoms with Crippen LogP contribution in [0.4, 0.5) is 24.9 Å². The van der Waals surface area contributed by atoms with Crippen molar-refractivity contribution in [3.63, 3.8) is 0 Å². The highest BCUT2D eigenvalue weighted by molar-refractivity contribution is 6.06. The fourth-order valence-electron chi connectivity index (χ4n) is 9.71. The zero-order chi connectivity index (χ0) is 38.8. The second-order valence-corrected chi connectivity index (χ2v) is 17.0. The van der Waals surface area contributed by atoms with Gasteiger partial charge in [0.25, 0.3) is 0 Å². The fraction of sp³-hybridized carbons (Fsp3) is 0.571. The highest BCUT2D eigenvalue weighted by atomic mass is 19.4. The van der Waals surface area contributed by atoms with E-state index < -0.39 is 12.8 Å². The summed E-state index contributed by atoms with van der Waals surface area (Å²) in [5, 5.41) is 8.92. The Hall–Kier alpha value is -4.43. The summed E-state index contributed by atoms with van der Waals surface area (Å²) in [4.78, 5) is 31.6. The van der Waals surface area contributed by atoms with Gasteiger partial charge in [0.2, 0.25) is 11.9 Å². The van der Waals surface area contributed by atoms with Gasteiger partial charge in [-0.15, -0.1) is 0 Å². The van der Waals surface area contributed by atoms with Crippen molar-refractivity contribution in [2.45, 2.75) is 64.5 Å². The van der Waals surface area contributed by atoms with E-state index in [9.17, 15) is 18.0 Å². The number of aromatic nitrogens is 4.